The molecule has 20 heavy (non-hydrogen) atoms. The number of hydrogen-bond acceptors (Lipinski definition) is 3. The Morgan fingerprint density at radius 2 is 2.25 bits per heavy atom. The molecule has 1 aromatic heterocycles. The Kier molecular flexibility index (Phi) is 3.45. The Labute approximate surface area is 111 Å². The molecule has 0 saturated carbocycles. The van der Waals surface area contributed by atoms with Gasteiger partial charge in [0.15, 0.2) is 0 Å². The summed E-state index contributed by atoms with van der Waals surface area (Å²) in [6, 6.07) is 0.877. The quantitative estimate of drug-likeness (QED) is 0.791. The molecule has 1 aromatic rings. The van der Waals surface area contributed by atoms with Gasteiger partial charge in [-0.3, -0.25) is 14.3 Å². The van der Waals surface area contributed by atoms with Crippen LogP contribution in [-0.2, 0) is 29.2 Å². The van der Waals surface area contributed by atoms with Crippen molar-refractivity contribution in [3.05, 3.63) is 17.5 Å². The maximum atomic E-state index is 12.6. The highest BCUT2D eigenvalue weighted by molar-refractivity contribution is 5.98. The average molecular weight is 291 g/mol. The number of rotatable bonds is 3. The molecule has 0 aromatic carbocycles. The van der Waals surface area contributed by atoms with Gasteiger partial charge in [0.1, 0.15) is 11.6 Å². The molecule has 0 radical (unpaired) electrons. The molecule has 0 unspecified atom stereocenters. The van der Waals surface area contributed by atoms with Gasteiger partial charge in [-0.05, 0) is 12.5 Å². The summed E-state index contributed by atoms with van der Waals surface area (Å²) in [6.07, 6.45) is -4.52. The molecular weight excluding hydrogens is 279 g/mol. The summed E-state index contributed by atoms with van der Waals surface area (Å²) >= 11 is 0. The third-order valence-electron chi connectivity index (χ3n) is 3.25. The van der Waals surface area contributed by atoms with Gasteiger partial charge in [-0.1, -0.05) is 0 Å². The van der Waals surface area contributed by atoms with E-state index in [0.29, 0.717) is 4.68 Å². The number of aryl methyl sites for hydroxylation is 1. The topological polar surface area (TPSA) is 84.2 Å². The highest BCUT2D eigenvalue weighted by Gasteiger charge is 2.41. The minimum absolute atomic E-state index is 0.000370. The van der Waals surface area contributed by atoms with Crippen LogP contribution in [0.15, 0.2) is 6.07 Å². The molecule has 6 nitrogen and oxygen atoms in total. The van der Waals surface area contributed by atoms with Gasteiger partial charge in [0, 0.05) is 19.5 Å². The monoisotopic (exact) mass is 291 g/mol. The predicted octanol–water partition coefficient (Wildman–Crippen LogP) is 0.428. The van der Waals surface area contributed by atoms with E-state index in [9.17, 15) is 22.8 Å². The fourth-order valence-electron chi connectivity index (χ4n) is 2.34. The number of carbonyl (C=O) groups excluding carboxylic acids is 1. The molecule has 1 aliphatic rings. The second-order valence-corrected chi connectivity index (χ2v) is 4.67. The lowest BCUT2D eigenvalue weighted by Gasteiger charge is -2.10. The maximum absolute atomic E-state index is 12.6. The van der Waals surface area contributed by atoms with Gasteiger partial charge >= 0.3 is 12.1 Å². The van der Waals surface area contributed by atoms with Crippen molar-refractivity contribution < 1.29 is 27.9 Å². The van der Waals surface area contributed by atoms with Gasteiger partial charge in [-0.2, -0.15) is 18.3 Å². The Bertz CT molecular complexity index is 553. The molecule has 2 atom stereocenters. The first kappa shape index (κ1) is 14.4. The zero-order valence-corrected chi connectivity index (χ0v) is 10.4. The van der Waals surface area contributed by atoms with Crippen LogP contribution in [0.2, 0.25) is 0 Å². The van der Waals surface area contributed by atoms with Gasteiger partial charge in [0.05, 0.1) is 5.69 Å². The molecule has 2 N–H and O–H groups in total. The number of carboxylic acid groups (broad SMARTS) is 1. The van der Waals surface area contributed by atoms with Crippen molar-refractivity contribution in [2.75, 3.05) is 6.54 Å². The van der Waals surface area contributed by atoms with Crippen molar-refractivity contribution in [1.82, 2.24) is 15.1 Å². The Balaban J connectivity index is 2.19. The van der Waals surface area contributed by atoms with E-state index >= 15 is 0 Å². The molecule has 1 aliphatic heterocycles. The lowest BCUT2D eigenvalue weighted by Crippen LogP contribution is -2.28. The third-order valence-corrected chi connectivity index (χ3v) is 3.25. The number of aromatic nitrogens is 2. The Hall–Kier alpha value is -2.06. The van der Waals surface area contributed by atoms with Crippen molar-refractivity contribution >= 4 is 11.9 Å². The molecule has 2 heterocycles. The molecule has 1 saturated heterocycles. The van der Waals surface area contributed by atoms with Crippen LogP contribution in [0, 0.1) is 11.8 Å². The molecular formula is C11H12F3N3O3. The molecule has 9 heteroatoms. The molecule has 0 bridgehead atoms. The minimum Gasteiger partial charge on any atom is -0.481 e. The first-order valence-electron chi connectivity index (χ1n) is 5.80. The van der Waals surface area contributed by atoms with Crippen LogP contribution in [0.4, 0.5) is 13.2 Å². The number of hydrogen-bond donors (Lipinski definition) is 2. The minimum atomic E-state index is -4.52. The van der Waals surface area contributed by atoms with Crippen LogP contribution in [0.3, 0.4) is 0 Å². The zero-order chi connectivity index (χ0) is 15.1. The number of halogens is 3. The standard InChI is InChI=1S/C11H12F3N3O3/c1-17-7(11(12,13)14)3-6(16-17)2-5-4-15-9(18)8(5)10(19)20/h3,5,8H,2,4H2,1H3,(H,15,18)(H,19,20)/t5-,8+/m0/s1. The summed E-state index contributed by atoms with van der Waals surface area (Å²) in [7, 11) is 1.17. The summed E-state index contributed by atoms with van der Waals surface area (Å²) < 4.78 is 38.6. The largest absolute Gasteiger partial charge is 0.481 e. The second-order valence-electron chi connectivity index (χ2n) is 4.67. The number of carbonyl (C=O) groups is 2. The highest BCUT2D eigenvalue weighted by Crippen LogP contribution is 2.30. The lowest BCUT2D eigenvalue weighted by molar-refractivity contribution is -0.147. The van der Waals surface area contributed by atoms with Gasteiger partial charge in [0.25, 0.3) is 0 Å². The fourth-order valence-corrected chi connectivity index (χ4v) is 2.34. The van der Waals surface area contributed by atoms with Gasteiger partial charge in [0.2, 0.25) is 5.91 Å². The van der Waals surface area contributed by atoms with Crippen LogP contribution in [0.5, 0.6) is 0 Å². The van der Waals surface area contributed by atoms with Crippen molar-refractivity contribution in [3.63, 3.8) is 0 Å². The van der Waals surface area contributed by atoms with Crippen molar-refractivity contribution in [1.29, 1.82) is 0 Å². The normalized spacial score (nSPS) is 22.9. The SMILES string of the molecule is Cn1nc(C[C@H]2CNC(=O)[C@@H]2C(=O)O)cc1C(F)(F)F. The first-order valence-corrected chi connectivity index (χ1v) is 5.80. The summed E-state index contributed by atoms with van der Waals surface area (Å²) in [5.41, 5.74) is -0.788. The predicted molar refractivity (Wildman–Crippen MR) is 59.5 cm³/mol. The van der Waals surface area contributed by atoms with E-state index in [-0.39, 0.29) is 18.7 Å². The first-order chi connectivity index (χ1) is 9.20. The average Bonchev–Trinajstić information content (AvgIpc) is 2.82. The van der Waals surface area contributed by atoms with E-state index in [2.05, 4.69) is 10.4 Å². The van der Waals surface area contributed by atoms with Crippen molar-refractivity contribution in [2.45, 2.75) is 12.6 Å². The van der Waals surface area contributed by atoms with E-state index in [1.807, 2.05) is 0 Å². The number of nitrogens with one attached hydrogen (secondary N) is 1. The van der Waals surface area contributed by atoms with E-state index in [1.165, 1.54) is 7.05 Å². The third kappa shape index (κ3) is 2.61. The second kappa shape index (κ2) is 4.80. The fraction of sp³-hybridized carbons (Fsp3) is 0.545. The molecule has 110 valence electrons. The van der Waals surface area contributed by atoms with Crippen LogP contribution < -0.4 is 5.32 Å². The Morgan fingerprint density at radius 1 is 1.60 bits per heavy atom. The lowest BCUT2D eigenvalue weighted by atomic mass is 9.91. The van der Waals surface area contributed by atoms with Crippen LogP contribution in [-0.4, -0.2) is 33.3 Å². The number of amides is 1. The van der Waals surface area contributed by atoms with Crippen molar-refractivity contribution in [3.8, 4) is 0 Å². The highest BCUT2D eigenvalue weighted by atomic mass is 19.4. The summed E-state index contributed by atoms with van der Waals surface area (Å²) in [5, 5.41) is 15.1. The van der Waals surface area contributed by atoms with Crippen LogP contribution in [0.1, 0.15) is 11.4 Å². The van der Waals surface area contributed by atoms with Gasteiger partial charge in [-0.15, -0.1) is 0 Å². The molecule has 1 fully saturated rings. The number of alkyl halides is 3. The summed E-state index contributed by atoms with van der Waals surface area (Å²) in [5.74, 6) is -3.74. The number of nitrogens with zero attached hydrogens (tertiary/aromatic N) is 2. The zero-order valence-electron chi connectivity index (χ0n) is 10.4. The maximum Gasteiger partial charge on any atom is 0.433 e. The Morgan fingerprint density at radius 3 is 2.75 bits per heavy atom. The number of aliphatic carboxylic acids is 1. The number of carboxylic acids is 1. The van der Waals surface area contributed by atoms with E-state index < -0.39 is 35.6 Å². The van der Waals surface area contributed by atoms with Gasteiger partial charge < -0.3 is 10.4 Å². The van der Waals surface area contributed by atoms with Gasteiger partial charge in [-0.25, -0.2) is 0 Å². The molecule has 1 amide bonds. The molecule has 2 rings (SSSR count). The van der Waals surface area contributed by atoms with Crippen LogP contribution >= 0.6 is 0 Å². The summed E-state index contributed by atoms with van der Waals surface area (Å²) in [4.78, 5) is 22.3. The molecule has 0 aliphatic carbocycles. The van der Waals surface area contributed by atoms with E-state index in [4.69, 9.17) is 5.11 Å². The smallest absolute Gasteiger partial charge is 0.433 e. The summed E-state index contributed by atoms with van der Waals surface area (Å²) in [6.45, 7) is 0.119. The van der Waals surface area contributed by atoms with Crippen LogP contribution in [0.25, 0.3) is 0 Å². The van der Waals surface area contributed by atoms with E-state index in [0.717, 1.165) is 6.07 Å². The van der Waals surface area contributed by atoms with E-state index in [1.54, 1.807) is 0 Å². The molecule has 0 spiro atoms. The van der Waals surface area contributed by atoms with Crippen molar-refractivity contribution in [2.24, 2.45) is 18.9 Å².